The second-order valence-electron chi connectivity index (χ2n) is 5.82. The number of aryl methyl sites for hydroxylation is 1. The quantitative estimate of drug-likeness (QED) is 0.881. The van der Waals surface area contributed by atoms with Gasteiger partial charge in [0.1, 0.15) is 5.82 Å². The number of carbonyl (C=O) groups excluding carboxylic acids is 1. The number of likely N-dealkylation sites (tertiary alicyclic amines) is 1. The molecule has 0 bridgehead atoms. The summed E-state index contributed by atoms with van der Waals surface area (Å²) in [6.07, 6.45) is 1.38. The zero-order valence-electron chi connectivity index (χ0n) is 13.2. The van der Waals surface area contributed by atoms with E-state index in [-0.39, 0.29) is 24.0 Å². The summed E-state index contributed by atoms with van der Waals surface area (Å²) in [6.45, 7) is 4.51. The van der Waals surface area contributed by atoms with Gasteiger partial charge in [0.25, 0.3) is 0 Å². The van der Waals surface area contributed by atoms with E-state index in [1.807, 2.05) is 4.90 Å². The van der Waals surface area contributed by atoms with Gasteiger partial charge in [-0.3, -0.25) is 14.5 Å². The molecule has 23 heavy (non-hydrogen) atoms. The van der Waals surface area contributed by atoms with E-state index < -0.39 is 23.7 Å². The summed E-state index contributed by atoms with van der Waals surface area (Å²) in [5.41, 5.74) is 0.929. The van der Waals surface area contributed by atoms with Gasteiger partial charge in [-0.1, -0.05) is 6.07 Å². The molecule has 1 aliphatic heterocycles. The van der Waals surface area contributed by atoms with Gasteiger partial charge in [-0.25, -0.2) is 4.39 Å². The van der Waals surface area contributed by atoms with Gasteiger partial charge in [0.15, 0.2) is 0 Å². The topological polar surface area (TPSA) is 69.6 Å². The minimum Gasteiger partial charge on any atom is -0.481 e. The zero-order valence-corrected chi connectivity index (χ0v) is 14.0. The van der Waals surface area contributed by atoms with Crippen molar-refractivity contribution >= 4 is 30.0 Å². The van der Waals surface area contributed by atoms with Crippen LogP contribution < -0.4 is 5.32 Å². The second kappa shape index (κ2) is 8.26. The highest BCUT2D eigenvalue weighted by molar-refractivity contribution is 5.94. The highest BCUT2D eigenvalue weighted by Gasteiger charge is 2.30. The van der Waals surface area contributed by atoms with Gasteiger partial charge in [0.2, 0.25) is 5.91 Å². The maximum absolute atomic E-state index is 13.8. The SMILES string of the molecule is Cc1ccc(NC(=O)C(C)N2CCCC(C(=O)O)C2)c(F)c1.Cl. The lowest BCUT2D eigenvalue weighted by molar-refractivity contribution is -0.144. The van der Waals surface area contributed by atoms with Crippen LogP contribution in [0.1, 0.15) is 25.3 Å². The van der Waals surface area contributed by atoms with Crippen molar-refractivity contribution in [1.29, 1.82) is 0 Å². The Labute approximate surface area is 141 Å². The first kappa shape index (κ1) is 19.4. The highest BCUT2D eigenvalue weighted by Crippen LogP contribution is 2.20. The number of carboxylic acids is 1. The molecule has 1 heterocycles. The molecule has 2 unspecified atom stereocenters. The number of amides is 1. The first-order valence-electron chi connectivity index (χ1n) is 7.42. The van der Waals surface area contributed by atoms with Crippen LogP contribution in [0, 0.1) is 18.7 Å². The minimum atomic E-state index is -0.832. The Morgan fingerprint density at radius 1 is 1.43 bits per heavy atom. The Bertz CT molecular complexity index is 582. The molecule has 0 spiro atoms. The molecular formula is C16H22ClFN2O3. The van der Waals surface area contributed by atoms with Crippen LogP contribution in [0.25, 0.3) is 0 Å². The summed E-state index contributed by atoms with van der Waals surface area (Å²) in [7, 11) is 0. The number of anilines is 1. The van der Waals surface area contributed by atoms with Gasteiger partial charge in [0.05, 0.1) is 17.6 Å². The molecule has 1 aromatic rings. The van der Waals surface area contributed by atoms with Crippen molar-refractivity contribution in [3.63, 3.8) is 0 Å². The van der Waals surface area contributed by atoms with Gasteiger partial charge in [-0.05, 0) is 50.9 Å². The maximum Gasteiger partial charge on any atom is 0.307 e. The summed E-state index contributed by atoms with van der Waals surface area (Å²) >= 11 is 0. The smallest absolute Gasteiger partial charge is 0.307 e. The largest absolute Gasteiger partial charge is 0.481 e. The molecule has 1 fully saturated rings. The second-order valence-corrected chi connectivity index (χ2v) is 5.82. The Kier molecular flexibility index (Phi) is 6.97. The lowest BCUT2D eigenvalue weighted by atomic mass is 9.97. The number of nitrogens with zero attached hydrogens (tertiary/aromatic N) is 1. The van der Waals surface area contributed by atoms with Crippen molar-refractivity contribution in [3.05, 3.63) is 29.6 Å². The van der Waals surface area contributed by atoms with Crippen molar-refractivity contribution in [2.45, 2.75) is 32.7 Å². The Morgan fingerprint density at radius 2 is 2.13 bits per heavy atom. The standard InChI is InChI=1S/C16H21FN2O3.ClH/c1-10-5-6-14(13(17)8-10)18-15(20)11(2)19-7-3-4-12(9-19)16(21)22;/h5-6,8,11-12H,3-4,7,9H2,1-2H3,(H,18,20)(H,21,22);1H. The monoisotopic (exact) mass is 344 g/mol. The molecule has 1 saturated heterocycles. The highest BCUT2D eigenvalue weighted by atomic mass is 35.5. The average Bonchev–Trinajstić information content (AvgIpc) is 2.49. The van der Waals surface area contributed by atoms with Crippen LogP contribution in [-0.4, -0.2) is 41.0 Å². The van der Waals surface area contributed by atoms with Crippen molar-refractivity contribution in [2.75, 3.05) is 18.4 Å². The van der Waals surface area contributed by atoms with E-state index in [0.29, 0.717) is 19.5 Å². The summed E-state index contributed by atoms with van der Waals surface area (Å²) < 4.78 is 13.8. The number of piperidine rings is 1. The molecule has 5 nitrogen and oxygen atoms in total. The summed E-state index contributed by atoms with van der Waals surface area (Å²) in [4.78, 5) is 25.2. The third-order valence-corrected chi connectivity index (χ3v) is 4.11. The number of carboxylic acid groups (broad SMARTS) is 1. The predicted molar refractivity (Wildman–Crippen MR) is 88.4 cm³/mol. The molecule has 2 rings (SSSR count). The minimum absolute atomic E-state index is 0. The van der Waals surface area contributed by atoms with Crippen molar-refractivity contribution < 1.29 is 19.1 Å². The number of hydrogen-bond donors (Lipinski definition) is 2. The molecular weight excluding hydrogens is 323 g/mol. The molecule has 128 valence electrons. The number of aliphatic carboxylic acids is 1. The number of benzene rings is 1. The Hall–Kier alpha value is -1.66. The van der Waals surface area contributed by atoms with Crippen LogP contribution in [-0.2, 0) is 9.59 Å². The average molecular weight is 345 g/mol. The number of hydrogen-bond acceptors (Lipinski definition) is 3. The molecule has 1 aliphatic rings. The van der Waals surface area contributed by atoms with Gasteiger partial charge in [-0.2, -0.15) is 0 Å². The van der Waals surface area contributed by atoms with E-state index in [9.17, 15) is 14.0 Å². The fourth-order valence-corrected chi connectivity index (χ4v) is 2.68. The van der Waals surface area contributed by atoms with Gasteiger partial charge >= 0.3 is 5.97 Å². The molecule has 7 heteroatoms. The fraction of sp³-hybridized carbons (Fsp3) is 0.500. The molecule has 2 N–H and O–H groups in total. The van der Waals surface area contributed by atoms with E-state index in [1.165, 1.54) is 12.1 Å². The number of rotatable bonds is 4. The fourth-order valence-electron chi connectivity index (χ4n) is 2.68. The van der Waals surface area contributed by atoms with Crippen LogP contribution in [0.4, 0.5) is 10.1 Å². The third kappa shape index (κ3) is 4.91. The lowest BCUT2D eigenvalue weighted by Crippen LogP contribution is -2.48. The molecule has 1 aromatic carbocycles. The molecule has 0 radical (unpaired) electrons. The van der Waals surface area contributed by atoms with Gasteiger partial charge in [-0.15, -0.1) is 12.4 Å². The number of halogens is 2. The molecule has 1 amide bonds. The van der Waals surface area contributed by atoms with E-state index in [4.69, 9.17) is 5.11 Å². The molecule has 0 aliphatic carbocycles. The molecule has 0 saturated carbocycles. The van der Waals surface area contributed by atoms with Crippen LogP contribution in [0.15, 0.2) is 18.2 Å². The zero-order chi connectivity index (χ0) is 16.3. The van der Waals surface area contributed by atoms with Crippen LogP contribution in [0.2, 0.25) is 0 Å². The van der Waals surface area contributed by atoms with Crippen molar-refractivity contribution in [1.82, 2.24) is 4.90 Å². The van der Waals surface area contributed by atoms with Crippen LogP contribution >= 0.6 is 12.4 Å². The molecule has 0 aromatic heterocycles. The normalized spacial score (nSPS) is 19.5. The molecule has 2 atom stereocenters. The van der Waals surface area contributed by atoms with Crippen LogP contribution in [0.5, 0.6) is 0 Å². The van der Waals surface area contributed by atoms with Crippen molar-refractivity contribution in [3.8, 4) is 0 Å². The van der Waals surface area contributed by atoms with E-state index >= 15 is 0 Å². The maximum atomic E-state index is 13.8. The Morgan fingerprint density at radius 3 is 2.74 bits per heavy atom. The first-order chi connectivity index (χ1) is 10.4. The van der Waals surface area contributed by atoms with E-state index in [0.717, 1.165) is 12.0 Å². The first-order valence-corrected chi connectivity index (χ1v) is 7.42. The van der Waals surface area contributed by atoms with E-state index in [2.05, 4.69) is 5.32 Å². The number of carbonyl (C=O) groups is 2. The summed E-state index contributed by atoms with van der Waals surface area (Å²) in [5, 5.41) is 11.7. The van der Waals surface area contributed by atoms with E-state index in [1.54, 1.807) is 19.9 Å². The lowest BCUT2D eigenvalue weighted by Gasteiger charge is -2.34. The summed E-state index contributed by atoms with van der Waals surface area (Å²) in [6, 6.07) is 4.13. The van der Waals surface area contributed by atoms with Gasteiger partial charge in [0, 0.05) is 6.54 Å². The third-order valence-electron chi connectivity index (χ3n) is 4.11. The predicted octanol–water partition coefficient (Wildman–Crippen LogP) is 2.68. The Balaban J connectivity index is 0.00000264. The summed E-state index contributed by atoms with van der Waals surface area (Å²) in [5.74, 6) is -2.07. The number of nitrogens with one attached hydrogen (secondary N) is 1. The van der Waals surface area contributed by atoms with Crippen LogP contribution in [0.3, 0.4) is 0 Å². The van der Waals surface area contributed by atoms with Gasteiger partial charge < -0.3 is 10.4 Å². The van der Waals surface area contributed by atoms with Crippen molar-refractivity contribution in [2.24, 2.45) is 5.92 Å².